The van der Waals surface area contributed by atoms with Crippen molar-refractivity contribution in [3.05, 3.63) is 95.3 Å². The Kier molecular flexibility index (Phi) is 6.22. The van der Waals surface area contributed by atoms with Gasteiger partial charge in [-0.05, 0) is 23.8 Å². The van der Waals surface area contributed by atoms with E-state index in [1.807, 2.05) is 36.4 Å². The topological polar surface area (TPSA) is 109 Å². The standard InChI is InChI=1S/C26H25N5O5S/c1-29-15-25(27-17-29)37(33,34)28-21-13-22-23(31(3)26(32)30(22)2)14-24(21)36-20-11-7-10-19(12-20)35-16-18-8-5-4-6-9-18/h4-15,17,28H,16H2,1-3H3. The molecule has 37 heavy (non-hydrogen) atoms. The molecule has 5 aromatic rings. The number of rotatable bonds is 8. The molecule has 0 atom stereocenters. The molecule has 0 saturated heterocycles. The molecule has 0 aliphatic rings. The van der Waals surface area contributed by atoms with Crippen LogP contribution in [0.3, 0.4) is 0 Å². The number of hydrogen-bond acceptors (Lipinski definition) is 6. The third-order valence-electron chi connectivity index (χ3n) is 5.86. The van der Waals surface area contributed by atoms with Crippen LogP contribution < -0.4 is 19.9 Å². The van der Waals surface area contributed by atoms with Crippen LogP contribution in [-0.4, -0.2) is 27.1 Å². The van der Waals surface area contributed by atoms with E-state index in [2.05, 4.69) is 9.71 Å². The molecular formula is C26H25N5O5S. The summed E-state index contributed by atoms with van der Waals surface area (Å²) in [6, 6.07) is 20.0. The molecule has 0 radical (unpaired) electrons. The number of aromatic nitrogens is 4. The van der Waals surface area contributed by atoms with Gasteiger partial charge >= 0.3 is 5.69 Å². The number of ether oxygens (including phenoxy) is 2. The molecule has 10 nitrogen and oxygen atoms in total. The fourth-order valence-electron chi connectivity index (χ4n) is 3.91. The average Bonchev–Trinajstić information content (AvgIpc) is 3.42. The number of fused-ring (bicyclic) bond motifs is 1. The minimum Gasteiger partial charge on any atom is -0.489 e. The maximum Gasteiger partial charge on any atom is 0.328 e. The third kappa shape index (κ3) is 4.94. The lowest BCUT2D eigenvalue weighted by Gasteiger charge is -2.15. The number of nitrogens with one attached hydrogen (secondary N) is 1. The predicted octanol–water partition coefficient (Wildman–Crippen LogP) is 3.78. The largest absolute Gasteiger partial charge is 0.489 e. The van der Waals surface area contributed by atoms with Crippen LogP contribution in [0.15, 0.2) is 89.1 Å². The highest BCUT2D eigenvalue weighted by molar-refractivity contribution is 7.92. The second kappa shape index (κ2) is 9.51. The highest BCUT2D eigenvalue weighted by atomic mass is 32.2. The summed E-state index contributed by atoms with van der Waals surface area (Å²) in [5.41, 5.74) is 2.06. The van der Waals surface area contributed by atoms with Crippen LogP contribution in [0, 0.1) is 0 Å². The van der Waals surface area contributed by atoms with Gasteiger partial charge in [0.2, 0.25) is 0 Å². The van der Waals surface area contributed by atoms with Crippen LogP contribution in [0.4, 0.5) is 5.69 Å². The van der Waals surface area contributed by atoms with Crippen LogP contribution >= 0.6 is 0 Å². The molecule has 11 heteroatoms. The van der Waals surface area contributed by atoms with Crippen molar-refractivity contribution in [2.45, 2.75) is 11.6 Å². The van der Waals surface area contributed by atoms with Gasteiger partial charge in [-0.3, -0.25) is 13.9 Å². The lowest BCUT2D eigenvalue weighted by Crippen LogP contribution is -2.19. The molecule has 0 spiro atoms. The molecule has 5 rings (SSSR count). The van der Waals surface area contributed by atoms with Crippen molar-refractivity contribution in [3.63, 3.8) is 0 Å². The Bertz CT molecular complexity index is 1750. The molecular weight excluding hydrogens is 494 g/mol. The highest BCUT2D eigenvalue weighted by Crippen LogP contribution is 2.36. The molecule has 0 saturated carbocycles. The van der Waals surface area contributed by atoms with Crippen LogP contribution in [0.25, 0.3) is 11.0 Å². The number of anilines is 1. The van der Waals surface area contributed by atoms with E-state index in [1.54, 1.807) is 51.5 Å². The molecule has 0 amide bonds. The van der Waals surface area contributed by atoms with Gasteiger partial charge in [0.05, 0.1) is 23.0 Å². The van der Waals surface area contributed by atoms with E-state index < -0.39 is 10.0 Å². The van der Waals surface area contributed by atoms with Gasteiger partial charge in [-0.25, -0.2) is 9.78 Å². The predicted molar refractivity (Wildman–Crippen MR) is 139 cm³/mol. The van der Waals surface area contributed by atoms with E-state index in [1.165, 1.54) is 26.2 Å². The molecule has 0 aliphatic carbocycles. The van der Waals surface area contributed by atoms with Crippen molar-refractivity contribution in [2.75, 3.05) is 4.72 Å². The van der Waals surface area contributed by atoms with Gasteiger partial charge in [0.1, 0.15) is 18.1 Å². The number of benzene rings is 3. The second-order valence-corrected chi connectivity index (χ2v) is 10.2. The molecule has 2 heterocycles. The highest BCUT2D eigenvalue weighted by Gasteiger charge is 2.22. The van der Waals surface area contributed by atoms with Gasteiger partial charge in [0.25, 0.3) is 10.0 Å². The van der Waals surface area contributed by atoms with E-state index >= 15 is 0 Å². The van der Waals surface area contributed by atoms with Crippen molar-refractivity contribution < 1.29 is 17.9 Å². The minimum atomic E-state index is -4.02. The minimum absolute atomic E-state index is 0.140. The van der Waals surface area contributed by atoms with E-state index in [0.717, 1.165) is 5.56 Å². The Morgan fingerprint density at radius 3 is 2.30 bits per heavy atom. The summed E-state index contributed by atoms with van der Waals surface area (Å²) in [4.78, 5) is 16.5. The molecule has 190 valence electrons. The maximum atomic E-state index is 13.1. The Hall–Kier alpha value is -4.51. The van der Waals surface area contributed by atoms with Gasteiger partial charge in [-0.15, -0.1) is 0 Å². The number of aryl methyl sites for hydroxylation is 3. The van der Waals surface area contributed by atoms with Crippen molar-refractivity contribution in [1.29, 1.82) is 0 Å². The number of nitrogens with zero attached hydrogens (tertiary/aromatic N) is 4. The summed E-state index contributed by atoms with van der Waals surface area (Å²) in [6.45, 7) is 0.386. The molecule has 0 bridgehead atoms. The number of hydrogen-bond donors (Lipinski definition) is 1. The van der Waals surface area contributed by atoms with Gasteiger partial charge < -0.3 is 14.0 Å². The summed E-state index contributed by atoms with van der Waals surface area (Å²) >= 11 is 0. The smallest absolute Gasteiger partial charge is 0.328 e. The summed E-state index contributed by atoms with van der Waals surface area (Å²) in [6.07, 6.45) is 2.80. The molecule has 3 aromatic carbocycles. The molecule has 0 unspecified atom stereocenters. The summed E-state index contributed by atoms with van der Waals surface area (Å²) in [7, 11) is 0.923. The zero-order chi connectivity index (χ0) is 26.2. The summed E-state index contributed by atoms with van der Waals surface area (Å²) < 4.78 is 45.2. The van der Waals surface area contributed by atoms with Crippen molar-refractivity contribution in [2.24, 2.45) is 21.1 Å². The lowest BCUT2D eigenvalue weighted by atomic mass is 10.2. The number of sulfonamides is 1. The van der Waals surface area contributed by atoms with Gasteiger partial charge in [0, 0.05) is 39.5 Å². The Morgan fingerprint density at radius 1 is 0.892 bits per heavy atom. The van der Waals surface area contributed by atoms with Crippen LogP contribution in [0.5, 0.6) is 17.2 Å². The fraction of sp³-hybridized carbons (Fsp3) is 0.154. The molecule has 2 aromatic heterocycles. The number of imidazole rings is 2. The van der Waals surface area contributed by atoms with Crippen LogP contribution in [-0.2, 0) is 37.8 Å². The second-order valence-electron chi connectivity index (χ2n) is 8.57. The first-order valence-corrected chi connectivity index (χ1v) is 12.8. The third-order valence-corrected chi connectivity index (χ3v) is 7.11. The van der Waals surface area contributed by atoms with Gasteiger partial charge in [-0.2, -0.15) is 8.42 Å². The Morgan fingerprint density at radius 2 is 1.59 bits per heavy atom. The normalized spacial score (nSPS) is 11.5. The first-order valence-electron chi connectivity index (χ1n) is 11.4. The molecule has 1 N–H and O–H groups in total. The first-order chi connectivity index (χ1) is 17.7. The SMILES string of the molecule is Cn1cnc(S(=O)(=O)Nc2cc3c(cc2Oc2cccc(OCc4ccccc4)c2)n(C)c(=O)n3C)c1. The lowest BCUT2D eigenvalue weighted by molar-refractivity contribution is 0.304. The summed E-state index contributed by atoms with van der Waals surface area (Å²) in [5.74, 6) is 1.24. The van der Waals surface area contributed by atoms with Crippen LogP contribution in [0.2, 0.25) is 0 Å². The fourth-order valence-corrected chi connectivity index (χ4v) is 4.95. The van der Waals surface area contributed by atoms with E-state index in [4.69, 9.17) is 9.47 Å². The van der Waals surface area contributed by atoms with Gasteiger partial charge in [-0.1, -0.05) is 36.4 Å². The zero-order valence-corrected chi connectivity index (χ0v) is 21.3. The monoisotopic (exact) mass is 519 g/mol. The quantitative estimate of drug-likeness (QED) is 0.334. The summed E-state index contributed by atoms with van der Waals surface area (Å²) in [5, 5.41) is -0.140. The van der Waals surface area contributed by atoms with E-state index in [9.17, 15) is 13.2 Å². The Labute approximate surface area is 213 Å². The zero-order valence-electron chi connectivity index (χ0n) is 20.5. The van der Waals surface area contributed by atoms with E-state index in [-0.39, 0.29) is 22.2 Å². The van der Waals surface area contributed by atoms with E-state index in [0.29, 0.717) is 29.1 Å². The van der Waals surface area contributed by atoms with Crippen molar-refractivity contribution >= 4 is 26.7 Å². The van der Waals surface area contributed by atoms with Crippen molar-refractivity contribution in [1.82, 2.24) is 18.7 Å². The van der Waals surface area contributed by atoms with Crippen LogP contribution in [0.1, 0.15) is 5.56 Å². The maximum absolute atomic E-state index is 13.1. The first kappa shape index (κ1) is 24.2. The average molecular weight is 520 g/mol. The van der Waals surface area contributed by atoms with Crippen molar-refractivity contribution in [3.8, 4) is 17.2 Å². The molecule has 0 fully saturated rings. The van der Waals surface area contributed by atoms with Gasteiger partial charge in [0.15, 0.2) is 10.8 Å². The Balaban J connectivity index is 1.50. The molecule has 0 aliphatic heterocycles.